The van der Waals surface area contributed by atoms with Crippen LogP contribution in [-0.2, 0) is 23.1 Å². The number of rotatable bonds is 9. The maximum Gasteiger partial charge on any atom is 0.256 e. The first kappa shape index (κ1) is 27.8. The van der Waals surface area contributed by atoms with Gasteiger partial charge in [-0.3, -0.25) is 14.0 Å². The zero-order valence-corrected chi connectivity index (χ0v) is 23.3. The van der Waals surface area contributed by atoms with Crippen LogP contribution in [0.5, 0.6) is 11.5 Å². The number of piperazine rings is 1. The van der Waals surface area contributed by atoms with Crippen LogP contribution in [0.15, 0.2) is 66.7 Å². The summed E-state index contributed by atoms with van der Waals surface area (Å²) in [7, 11) is -0.822. The number of hydrogen-bond acceptors (Lipinski definition) is 6. The van der Waals surface area contributed by atoms with Crippen molar-refractivity contribution in [3.63, 3.8) is 0 Å². The number of carbonyl (C=O) groups excluding carboxylic acids is 1. The summed E-state index contributed by atoms with van der Waals surface area (Å²) in [5.74, 6) is 0.420. The molecule has 0 unspecified atom stereocenters. The Bertz CT molecular complexity index is 1360. The van der Waals surface area contributed by atoms with Crippen LogP contribution in [0.2, 0.25) is 5.02 Å². The van der Waals surface area contributed by atoms with Gasteiger partial charge in [-0.2, -0.15) is 0 Å². The predicted octanol–water partition coefficient (Wildman–Crippen LogP) is 4.28. The molecule has 0 spiro atoms. The number of carbonyl (C=O) groups is 1. The number of hydrogen-bond donors (Lipinski definition) is 0. The van der Waals surface area contributed by atoms with Crippen LogP contribution in [0, 0.1) is 0 Å². The number of sulfonamides is 1. The molecule has 0 atom stereocenters. The van der Waals surface area contributed by atoms with Gasteiger partial charge in [0.25, 0.3) is 5.91 Å². The molecule has 1 heterocycles. The molecule has 3 aromatic rings. The zero-order chi connectivity index (χ0) is 27.3. The molecule has 10 heteroatoms. The van der Waals surface area contributed by atoms with Crippen LogP contribution < -0.4 is 13.8 Å². The topological polar surface area (TPSA) is 79.4 Å². The van der Waals surface area contributed by atoms with Crippen molar-refractivity contribution >= 4 is 33.2 Å². The highest BCUT2D eigenvalue weighted by atomic mass is 35.5. The van der Waals surface area contributed by atoms with E-state index < -0.39 is 10.0 Å². The second-order valence-corrected chi connectivity index (χ2v) is 11.5. The SMILES string of the molecule is COc1cc(C(=O)N2CCN(Cc3ccccc3)CC2)c(N(Cc2ccc(Cl)cc2)S(C)(=O)=O)cc1OC. The van der Waals surface area contributed by atoms with E-state index in [-0.39, 0.29) is 23.7 Å². The van der Waals surface area contributed by atoms with E-state index in [0.29, 0.717) is 42.7 Å². The fourth-order valence-electron chi connectivity index (χ4n) is 4.50. The number of nitrogens with zero attached hydrogens (tertiary/aromatic N) is 3. The Labute approximate surface area is 229 Å². The van der Waals surface area contributed by atoms with Crippen molar-refractivity contribution in [2.24, 2.45) is 0 Å². The van der Waals surface area contributed by atoms with E-state index in [9.17, 15) is 13.2 Å². The van der Waals surface area contributed by atoms with Crippen LogP contribution in [0.3, 0.4) is 0 Å². The minimum absolute atomic E-state index is 0.0244. The molecular weight excluding hydrogens is 526 g/mol. The Hall–Kier alpha value is -3.27. The van der Waals surface area contributed by atoms with E-state index in [1.807, 2.05) is 18.2 Å². The minimum Gasteiger partial charge on any atom is -0.493 e. The summed E-state index contributed by atoms with van der Waals surface area (Å²) in [6.45, 7) is 3.31. The Kier molecular flexibility index (Phi) is 8.81. The van der Waals surface area contributed by atoms with Crippen molar-refractivity contribution in [3.8, 4) is 11.5 Å². The molecule has 8 nitrogen and oxygen atoms in total. The van der Waals surface area contributed by atoms with E-state index in [0.717, 1.165) is 18.4 Å². The van der Waals surface area contributed by atoms with Gasteiger partial charge in [0.05, 0.1) is 38.3 Å². The molecule has 202 valence electrons. The van der Waals surface area contributed by atoms with Crippen molar-refractivity contribution in [3.05, 3.63) is 88.4 Å². The van der Waals surface area contributed by atoms with Crippen molar-refractivity contribution in [2.45, 2.75) is 13.1 Å². The highest BCUT2D eigenvalue weighted by molar-refractivity contribution is 7.92. The van der Waals surface area contributed by atoms with Gasteiger partial charge in [0, 0.05) is 43.8 Å². The first-order valence-electron chi connectivity index (χ1n) is 12.2. The molecule has 0 aliphatic carbocycles. The Morgan fingerprint density at radius 3 is 2.08 bits per heavy atom. The second-order valence-electron chi connectivity index (χ2n) is 9.17. The standard InChI is InChI=1S/C28H32ClN3O5S/c1-36-26-17-24(28(33)31-15-13-30(14-16-31)19-21-7-5-4-6-8-21)25(18-27(26)37-2)32(38(3,34)35)20-22-9-11-23(29)12-10-22/h4-12,17-18H,13-16,19-20H2,1-3H3. The number of halogens is 1. The summed E-state index contributed by atoms with van der Waals surface area (Å²) in [6, 6.07) is 20.2. The minimum atomic E-state index is -3.78. The molecule has 0 radical (unpaired) electrons. The van der Waals surface area contributed by atoms with Gasteiger partial charge in [0.15, 0.2) is 11.5 Å². The molecule has 0 aromatic heterocycles. The smallest absolute Gasteiger partial charge is 0.256 e. The van der Waals surface area contributed by atoms with Gasteiger partial charge < -0.3 is 14.4 Å². The van der Waals surface area contributed by atoms with Gasteiger partial charge in [-0.05, 0) is 29.3 Å². The van der Waals surface area contributed by atoms with E-state index in [2.05, 4.69) is 17.0 Å². The van der Waals surface area contributed by atoms with Gasteiger partial charge >= 0.3 is 0 Å². The van der Waals surface area contributed by atoms with Crippen LogP contribution in [-0.4, -0.2) is 70.8 Å². The number of amides is 1. The van der Waals surface area contributed by atoms with Crippen molar-refractivity contribution in [2.75, 3.05) is 51.0 Å². The number of benzene rings is 3. The monoisotopic (exact) mass is 557 g/mol. The summed E-state index contributed by atoms with van der Waals surface area (Å²) >= 11 is 6.02. The first-order chi connectivity index (χ1) is 18.2. The maximum atomic E-state index is 13.9. The number of ether oxygens (including phenoxy) is 2. The quantitative estimate of drug-likeness (QED) is 0.391. The lowest BCUT2D eigenvalue weighted by Crippen LogP contribution is -2.48. The van der Waals surface area contributed by atoms with Gasteiger partial charge in [0.2, 0.25) is 10.0 Å². The van der Waals surface area contributed by atoms with Crippen LogP contribution in [0.4, 0.5) is 5.69 Å². The predicted molar refractivity (Wildman–Crippen MR) is 150 cm³/mol. The molecule has 1 fully saturated rings. The van der Waals surface area contributed by atoms with Crippen LogP contribution >= 0.6 is 11.6 Å². The lowest BCUT2D eigenvalue weighted by molar-refractivity contribution is 0.0629. The number of anilines is 1. The van der Waals surface area contributed by atoms with Crippen molar-refractivity contribution < 1.29 is 22.7 Å². The van der Waals surface area contributed by atoms with E-state index in [4.69, 9.17) is 21.1 Å². The molecule has 1 saturated heterocycles. The zero-order valence-electron chi connectivity index (χ0n) is 21.8. The molecule has 1 amide bonds. The van der Waals surface area contributed by atoms with Gasteiger partial charge in [0.1, 0.15) is 0 Å². The lowest BCUT2D eigenvalue weighted by atomic mass is 10.1. The van der Waals surface area contributed by atoms with Gasteiger partial charge in [-0.25, -0.2) is 8.42 Å². The van der Waals surface area contributed by atoms with Crippen molar-refractivity contribution in [1.82, 2.24) is 9.80 Å². The summed E-state index contributed by atoms with van der Waals surface area (Å²) in [5, 5.41) is 0.549. The maximum absolute atomic E-state index is 13.9. The Morgan fingerprint density at radius 1 is 0.895 bits per heavy atom. The summed E-state index contributed by atoms with van der Waals surface area (Å²) in [5.41, 5.74) is 2.42. The fourth-order valence-corrected chi connectivity index (χ4v) is 5.52. The average molecular weight is 558 g/mol. The highest BCUT2D eigenvalue weighted by Gasteiger charge is 2.30. The third-order valence-corrected chi connectivity index (χ3v) is 7.93. The molecule has 0 saturated carbocycles. The third kappa shape index (κ3) is 6.59. The average Bonchev–Trinajstić information content (AvgIpc) is 2.92. The van der Waals surface area contributed by atoms with E-state index in [1.165, 1.54) is 24.1 Å². The molecule has 0 N–H and O–H groups in total. The fraction of sp³-hybridized carbons (Fsp3) is 0.321. The van der Waals surface area contributed by atoms with Crippen LogP contribution in [0.1, 0.15) is 21.5 Å². The largest absolute Gasteiger partial charge is 0.493 e. The Morgan fingerprint density at radius 2 is 1.50 bits per heavy atom. The molecular formula is C28H32ClN3O5S. The summed E-state index contributed by atoms with van der Waals surface area (Å²) < 4.78 is 38.2. The normalized spacial score (nSPS) is 14.3. The molecule has 0 bridgehead atoms. The summed E-state index contributed by atoms with van der Waals surface area (Å²) in [4.78, 5) is 17.9. The highest BCUT2D eigenvalue weighted by Crippen LogP contribution is 2.37. The molecule has 4 rings (SSSR count). The van der Waals surface area contributed by atoms with E-state index >= 15 is 0 Å². The number of methoxy groups -OCH3 is 2. The first-order valence-corrected chi connectivity index (χ1v) is 14.5. The molecule has 1 aliphatic rings. The Balaban J connectivity index is 1.64. The second kappa shape index (κ2) is 12.1. The molecule has 38 heavy (non-hydrogen) atoms. The van der Waals surface area contributed by atoms with Gasteiger partial charge in [-0.15, -0.1) is 0 Å². The van der Waals surface area contributed by atoms with Crippen LogP contribution in [0.25, 0.3) is 0 Å². The van der Waals surface area contributed by atoms with Crippen molar-refractivity contribution in [1.29, 1.82) is 0 Å². The molecule has 1 aliphatic heterocycles. The van der Waals surface area contributed by atoms with E-state index in [1.54, 1.807) is 41.3 Å². The van der Waals surface area contributed by atoms with Gasteiger partial charge in [-0.1, -0.05) is 54.1 Å². The lowest BCUT2D eigenvalue weighted by Gasteiger charge is -2.35. The third-order valence-electron chi connectivity index (χ3n) is 6.55. The summed E-state index contributed by atoms with van der Waals surface area (Å²) in [6.07, 6.45) is 1.12. The molecule has 3 aromatic carbocycles.